The smallest absolute Gasteiger partial charge is 0.422 e. The van der Waals surface area contributed by atoms with Crippen molar-refractivity contribution in [3.8, 4) is 5.75 Å². The van der Waals surface area contributed by atoms with Crippen molar-refractivity contribution in [2.24, 2.45) is 0 Å². The molecular weight excluding hydrogens is 263 g/mol. The molecule has 0 saturated carbocycles. The van der Waals surface area contributed by atoms with Gasteiger partial charge in [0, 0.05) is 5.56 Å². The first-order valence-corrected chi connectivity index (χ1v) is 5.52. The van der Waals surface area contributed by atoms with E-state index in [1.54, 1.807) is 6.92 Å². The standard InChI is InChI=1S/C12H14F3NO3/c1-3-18-11(17)8-4-5-9(7(2)10(8)16)19-6-12(13,14)15/h4-5H,3,6,16H2,1-2H3. The van der Waals surface area contributed by atoms with Crippen molar-refractivity contribution in [3.05, 3.63) is 23.3 Å². The third-order valence-electron chi connectivity index (χ3n) is 2.35. The Morgan fingerprint density at radius 3 is 2.53 bits per heavy atom. The predicted molar refractivity (Wildman–Crippen MR) is 63.1 cm³/mol. The topological polar surface area (TPSA) is 61.5 Å². The van der Waals surface area contributed by atoms with E-state index in [9.17, 15) is 18.0 Å². The zero-order valence-electron chi connectivity index (χ0n) is 10.5. The van der Waals surface area contributed by atoms with Crippen molar-refractivity contribution in [1.29, 1.82) is 0 Å². The number of nitrogen functional groups attached to an aromatic ring is 1. The van der Waals surface area contributed by atoms with E-state index in [-0.39, 0.29) is 29.2 Å². The first kappa shape index (κ1) is 15.1. The normalized spacial score (nSPS) is 11.2. The molecule has 0 aliphatic rings. The van der Waals surface area contributed by atoms with Gasteiger partial charge in [-0.1, -0.05) is 0 Å². The van der Waals surface area contributed by atoms with Gasteiger partial charge in [0.05, 0.1) is 17.9 Å². The van der Waals surface area contributed by atoms with Crippen LogP contribution in [-0.2, 0) is 4.74 Å². The number of hydrogen-bond donors (Lipinski definition) is 1. The van der Waals surface area contributed by atoms with Crippen molar-refractivity contribution in [2.75, 3.05) is 18.9 Å². The fraction of sp³-hybridized carbons (Fsp3) is 0.417. The number of halogens is 3. The van der Waals surface area contributed by atoms with Gasteiger partial charge >= 0.3 is 12.1 Å². The van der Waals surface area contributed by atoms with Crippen molar-refractivity contribution in [1.82, 2.24) is 0 Å². The lowest BCUT2D eigenvalue weighted by molar-refractivity contribution is -0.153. The van der Waals surface area contributed by atoms with E-state index >= 15 is 0 Å². The van der Waals surface area contributed by atoms with Gasteiger partial charge in [0.2, 0.25) is 0 Å². The highest BCUT2D eigenvalue weighted by Gasteiger charge is 2.29. The molecule has 106 valence electrons. The van der Waals surface area contributed by atoms with Crippen LogP contribution < -0.4 is 10.5 Å². The number of alkyl halides is 3. The Kier molecular flexibility index (Phi) is 4.63. The van der Waals surface area contributed by atoms with Gasteiger partial charge in [0.15, 0.2) is 6.61 Å². The highest BCUT2D eigenvalue weighted by Crippen LogP contribution is 2.29. The van der Waals surface area contributed by atoms with Crippen LogP contribution >= 0.6 is 0 Å². The molecular formula is C12H14F3NO3. The molecule has 0 saturated heterocycles. The minimum atomic E-state index is -4.43. The predicted octanol–water partition coefficient (Wildman–Crippen LogP) is 2.70. The number of ether oxygens (including phenoxy) is 2. The van der Waals surface area contributed by atoms with E-state index in [0.717, 1.165) is 0 Å². The number of carbonyl (C=O) groups excluding carboxylic acids is 1. The highest BCUT2D eigenvalue weighted by molar-refractivity contribution is 5.96. The molecule has 1 aromatic carbocycles. The number of rotatable bonds is 4. The van der Waals surface area contributed by atoms with E-state index in [2.05, 4.69) is 4.74 Å². The lowest BCUT2D eigenvalue weighted by Gasteiger charge is -2.14. The maximum absolute atomic E-state index is 12.1. The molecule has 4 nitrogen and oxygen atoms in total. The van der Waals surface area contributed by atoms with Crippen LogP contribution in [0.4, 0.5) is 18.9 Å². The fourth-order valence-electron chi connectivity index (χ4n) is 1.41. The molecule has 0 atom stereocenters. The van der Waals surface area contributed by atoms with Crippen LogP contribution in [-0.4, -0.2) is 25.4 Å². The maximum atomic E-state index is 12.1. The van der Waals surface area contributed by atoms with E-state index in [0.29, 0.717) is 0 Å². The largest absolute Gasteiger partial charge is 0.484 e. The maximum Gasteiger partial charge on any atom is 0.422 e. The molecule has 0 aliphatic carbocycles. The molecule has 0 fully saturated rings. The zero-order valence-corrected chi connectivity index (χ0v) is 10.5. The lowest BCUT2D eigenvalue weighted by Crippen LogP contribution is -2.20. The van der Waals surface area contributed by atoms with Gasteiger partial charge in [-0.3, -0.25) is 0 Å². The van der Waals surface area contributed by atoms with E-state index in [4.69, 9.17) is 10.5 Å². The van der Waals surface area contributed by atoms with Crippen LogP contribution in [0.5, 0.6) is 5.75 Å². The Morgan fingerprint density at radius 1 is 1.37 bits per heavy atom. The summed E-state index contributed by atoms with van der Waals surface area (Å²) in [5, 5.41) is 0. The Balaban J connectivity index is 2.95. The molecule has 0 amide bonds. The van der Waals surface area contributed by atoms with Crippen LogP contribution in [0.3, 0.4) is 0 Å². The van der Waals surface area contributed by atoms with Crippen molar-refractivity contribution in [3.63, 3.8) is 0 Å². The van der Waals surface area contributed by atoms with Crippen molar-refractivity contribution in [2.45, 2.75) is 20.0 Å². The zero-order chi connectivity index (χ0) is 14.6. The average molecular weight is 277 g/mol. The first-order valence-electron chi connectivity index (χ1n) is 5.52. The molecule has 0 aliphatic heterocycles. The molecule has 0 aromatic heterocycles. The summed E-state index contributed by atoms with van der Waals surface area (Å²) in [6, 6.07) is 2.55. The van der Waals surface area contributed by atoms with E-state index < -0.39 is 18.8 Å². The van der Waals surface area contributed by atoms with Crippen LogP contribution in [0.2, 0.25) is 0 Å². The molecule has 19 heavy (non-hydrogen) atoms. The summed E-state index contributed by atoms with van der Waals surface area (Å²) >= 11 is 0. The summed E-state index contributed by atoms with van der Waals surface area (Å²) in [5.74, 6) is -0.631. The van der Waals surface area contributed by atoms with Crippen molar-refractivity contribution >= 4 is 11.7 Å². The van der Waals surface area contributed by atoms with Crippen LogP contribution in [0.1, 0.15) is 22.8 Å². The summed E-state index contributed by atoms with van der Waals surface area (Å²) in [4.78, 5) is 11.5. The molecule has 0 bridgehead atoms. The van der Waals surface area contributed by atoms with Gasteiger partial charge in [-0.25, -0.2) is 4.79 Å². The first-order chi connectivity index (χ1) is 8.76. The Labute approximate surface area is 108 Å². The number of hydrogen-bond acceptors (Lipinski definition) is 4. The van der Waals surface area contributed by atoms with Crippen LogP contribution in [0.25, 0.3) is 0 Å². The summed E-state index contributed by atoms with van der Waals surface area (Å²) in [6.07, 6.45) is -4.43. The minimum Gasteiger partial charge on any atom is -0.484 e. The Bertz CT molecular complexity index is 472. The second-order valence-electron chi connectivity index (χ2n) is 3.77. The third kappa shape index (κ3) is 4.04. The number of benzene rings is 1. The molecule has 1 rings (SSSR count). The quantitative estimate of drug-likeness (QED) is 0.679. The Hall–Kier alpha value is -1.92. The minimum absolute atomic E-state index is 0.0112. The van der Waals surface area contributed by atoms with Gasteiger partial charge in [0.25, 0.3) is 0 Å². The van der Waals surface area contributed by atoms with Gasteiger partial charge in [-0.2, -0.15) is 13.2 Å². The van der Waals surface area contributed by atoms with Gasteiger partial charge in [-0.05, 0) is 26.0 Å². The molecule has 7 heteroatoms. The summed E-state index contributed by atoms with van der Waals surface area (Å²) < 4.78 is 45.6. The third-order valence-corrected chi connectivity index (χ3v) is 2.35. The van der Waals surface area contributed by atoms with Gasteiger partial charge < -0.3 is 15.2 Å². The lowest BCUT2D eigenvalue weighted by atomic mass is 10.1. The molecule has 1 aromatic rings. The van der Waals surface area contributed by atoms with Crippen LogP contribution in [0, 0.1) is 6.92 Å². The number of esters is 1. The molecule has 0 spiro atoms. The molecule has 0 unspecified atom stereocenters. The molecule has 0 heterocycles. The monoisotopic (exact) mass is 277 g/mol. The van der Waals surface area contributed by atoms with E-state index in [1.807, 2.05) is 0 Å². The van der Waals surface area contributed by atoms with Crippen LogP contribution in [0.15, 0.2) is 12.1 Å². The fourth-order valence-corrected chi connectivity index (χ4v) is 1.41. The second-order valence-corrected chi connectivity index (χ2v) is 3.77. The number of carbonyl (C=O) groups is 1. The second kappa shape index (κ2) is 5.81. The van der Waals surface area contributed by atoms with E-state index in [1.165, 1.54) is 19.1 Å². The SMILES string of the molecule is CCOC(=O)c1ccc(OCC(F)(F)F)c(C)c1N. The summed E-state index contributed by atoms with van der Waals surface area (Å²) in [7, 11) is 0. The number of anilines is 1. The molecule has 2 N–H and O–H groups in total. The Morgan fingerprint density at radius 2 is 2.00 bits per heavy atom. The average Bonchev–Trinajstić information content (AvgIpc) is 2.30. The van der Waals surface area contributed by atoms with Crippen molar-refractivity contribution < 1.29 is 27.4 Å². The van der Waals surface area contributed by atoms with Gasteiger partial charge in [-0.15, -0.1) is 0 Å². The number of nitrogens with two attached hydrogens (primary N) is 1. The molecule has 0 radical (unpaired) electrons. The highest BCUT2D eigenvalue weighted by atomic mass is 19.4. The summed E-state index contributed by atoms with van der Waals surface area (Å²) in [5.41, 5.74) is 6.13. The van der Waals surface area contributed by atoms with Gasteiger partial charge in [0.1, 0.15) is 5.75 Å². The summed E-state index contributed by atoms with van der Waals surface area (Å²) in [6.45, 7) is 1.89.